The van der Waals surface area contributed by atoms with E-state index in [1.54, 1.807) is 6.07 Å². The van der Waals surface area contributed by atoms with Gasteiger partial charge in [0.1, 0.15) is 0 Å². The molecule has 1 amide bonds. The predicted octanol–water partition coefficient (Wildman–Crippen LogP) is 0.624. The Hall–Kier alpha value is -2.28. The molecule has 0 bridgehead atoms. The molecular weight excluding hydrogens is 278 g/mol. The lowest BCUT2D eigenvalue weighted by atomic mass is 10.1. The summed E-state index contributed by atoms with van der Waals surface area (Å²) in [5, 5.41) is 8.92. The van der Waals surface area contributed by atoms with Crippen LogP contribution in [0, 0.1) is 0 Å². The number of carbonyl (C=O) groups excluding carboxylic acids is 2. The van der Waals surface area contributed by atoms with Gasteiger partial charge in [-0.2, -0.15) is 0 Å². The summed E-state index contributed by atoms with van der Waals surface area (Å²) in [6.45, 7) is 0.171. The Morgan fingerprint density at radius 3 is 2.29 bits per heavy atom. The summed E-state index contributed by atoms with van der Waals surface area (Å²) >= 11 is 0. The minimum absolute atomic E-state index is 0.0717. The van der Waals surface area contributed by atoms with Gasteiger partial charge in [0.15, 0.2) is 11.5 Å². The standard InChI is InChI=1S/C14H17NO6/c1-19-9-7-8-10(13(21-3)12(9)20-2)11(17)14(18)15(8)5-4-6-16/h7,16H,4-6H2,1-3H3. The van der Waals surface area contributed by atoms with Gasteiger partial charge in [0.2, 0.25) is 5.75 Å². The zero-order valence-corrected chi connectivity index (χ0v) is 12.1. The van der Waals surface area contributed by atoms with Crippen LogP contribution in [0.5, 0.6) is 17.2 Å². The van der Waals surface area contributed by atoms with E-state index in [1.165, 1.54) is 26.2 Å². The summed E-state index contributed by atoms with van der Waals surface area (Å²) in [6, 6.07) is 1.57. The Morgan fingerprint density at radius 1 is 1.10 bits per heavy atom. The summed E-state index contributed by atoms with van der Waals surface area (Å²) in [4.78, 5) is 25.6. The molecule has 0 radical (unpaired) electrons. The molecule has 7 heteroatoms. The number of amides is 1. The van der Waals surface area contributed by atoms with Crippen LogP contribution in [-0.2, 0) is 4.79 Å². The molecule has 7 nitrogen and oxygen atoms in total. The number of aliphatic hydroxyl groups is 1. The predicted molar refractivity (Wildman–Crippen MR) is 74.5 cm³/mol. The monoisotopic (exact) mass is 295 g/mol. The van der Waals surface area contributed by atoms with Crippen molar-refractivity contribution in [2.24, 2.45) is 0 Å². The number of benzene rings is 1. The first kappa shape index (κ1) is 15.1. The highest BCUT2D eigenvalue weighted by Crippen LogP contribution is 2.47. The van der Waals surface area contributed by atoms with E-state index in [0.717, 1.165) is 0 Å². The van der Waals surface area contributed by atoms with E-state index >= 15 is 0 Å². The first-order valence-corrected chi connectivity index (χ1v) is 6.40. The molecule has 1 aromatic carbocycles. The Kier molecular flexibility index (Phi) is 4.32. The minimum atomic E-state index is -0.652. The largest absolute Gasteiger partial charge is 0.493 e. The number of fused-ring (bicyclic) bond motifs is 1. The van der Waals surface area contributed by atoms with Gasteiger partial charge in [0.05, 0.1) is 32.6 Å². The summed E-state index contributed by atoms with van der Waals surface area (Å²) in [6.07, 6.45) is 0.370. The van der Waals surface area contributed by atoms with Crippen LogP contribution in [-0.4, -0.2) is 51.3 Å². The Balaban J connectivity index is 2.63. The lowest BCUT2D eigenvalue weighted by Crippen LogP contribution is -2.31. The molecule has 0 saturated carbocycles. The SMILES string of the molecule is COc1cc2c(c(OC)c1OC)C(=O)C(=O)N2CCCO. The summed E-state index contributed by atoms with van der Waals surface area (Å²) < 4.78 is 15.7. The number of carbonyl (C=O) groups is 2. The lowest BCUT2D eigenvalue weighted by molar-refractivity contribution is -0.114. The van der Waals surface area contributed by atoms with Crippen molar-refractivity contribution in [1.29, 1.82) is 0 Å². The maximum Gasteiger partial charge on any atom is 0.299 e. The minimum Gasteiger partial charge on any atom is -0.493 e. The Bertz CT molecular complexity index is 583. The molecule has 0 unspecified atom stereocenters. The van der Waals surface area contributed by atoms with Crippen molar-refractivity contribution in [3.8, 4) is 17.2 Å². The van der Waals surface area contributed by atoms with Crippen molar-refractivity contribution >= 4 is 17.4 Å². The van der Waals surface area contributed by atoms with Gasteiger partial charge in [-0.15, -0.1) is 0 Å². The molecule has 114 valence electrons. The number of Topliss-reactive ketones (excluding diaryl/α,β-unsaturated/α-hetero) is 1. The molecule has 0 fully saturated rings. The number of nitrogens with zero attached hydrogens (tertiary/aromatic N) is 1. The number of ketones is 1. The fraction of sp³-hybridized carbons (Fsp3) is 0.429. The summed E-state index contributed by atoms with van der Waals surface area (Å²) in [5.74, 6) is -0.488. The van der Waals surface area contributed by atoms with Crippen LogP contribution in [0.4, 0.5) is 5.69 Å². The van der Waals surface area contributed by atoms with E-state index in [-0.39, 0.29) is 30.2 Å². The Morgan fingerprint density at radius 2 is 1.76 bits per heavy atom. The molecule has 0 aliphatic carbocycles. The van der Waals surface area contributed by atoms with Crippen LogP contribution in [0.25, 0.3) is 0 Å². The van der Waals surface area contributed by atoms with E-state index in [0.29, 0.717) is 17.9 Å². The van der Waals surface area contributed by atoms with Crippen LogP contribution in [0.15, 0.2) is 6.07 Å². The van der Waals surface area contributed by atoms with Gasteiger partial charge in [-0.25, -0.2) is 0 Å². The van der Waals surface area contributed by atoms with E-state index in [4.69, 9.17) is 19.3 Å². The third-order valence-corrected chi connectivity index (χ3v) is 3.31. The normalized spacial score (nSPS) is 13.4. The molecule has 1 aliphatic heterocycles. The first-order valence-electron chi connectivity index (χ1n) is 6.40. The van der Waals surface area contributed by atoms with Crippen molar-refractivity contribution in [3.63, 3.8) is 0 Å². The van der Waals surface area contributed by atoms with Gasteiger partial charge in [-0.1, -0.05) is 0 Å². The highest BCUT2D eigenvalue weighted by atomic mass is 16.5. The average Bonchev–Trinajstić information content (AvgIpc) is 2.74. The second-order valence-electron chi connectivity index (χ2n) is 4.40. The second-order valence-corrected chi connectivity index (χ2v) is 4.40. The topological polar surface area (TPSA) is 85.3 Å². The maximum atomic E-state index is 12.2. The third-order valence-electron chi connectivity index (χ3n) is 3.31. The molecule has 0 saturated heterocycles. The van der Waals surface area contributed by atoms with Gasteiger partial charge < -0.3 is 24.2 Å². The molecule has 0 atom stereocenters. The number of ether oxygens (including phenoxy) is 3. The number of methoxy groups -OCH3 is 3. The number of aliphatic hydroxyl groups excluding tert-OH is 1. The fourth-order valence-corrected chi connectivity index (χ4v) is 2.37. The van der Waals surface area contributed by atoms with E-state index in [2.05, 4.69) is 0 Å². The van der Waals surface area contributed by atoms with Gasteiger partial charge in [-0.05, 0) is 6.42 Å². The molecule has 2 rings (SSSR count). The zero-order valence-electron chi connectivity index (χ0n) is 12.1. The molecule has 1 aliphatic rings. The fourth-order valence-electron chi connectivity index (χ4n) is 2.37. The molecule has 0 aromatic heterocycles. The van der Waals surface area contributed by atoms with Crippen molar-refractivity contribution in [1.82, 2.24) is 0 Å². The van der Waals surface area contributed by atoms with Gasteiger partial charge in [-0.3, -0.25) is 9.59 Å². The Labute approximate surface area is 122 Å². The van der Waals surface area contributed by atoms with Gasteiger partial charge >= 0.3 is 0 Å². The molecule has 1 N–H and O–H groups in total. The number of hydrogen-bond acceptors (Lipinski definition) is 6. The number of hydrogen-bond donors (Lipinski definition) is 1. The van der Waals surface area contributed by atoms with Crippen molar-refractivity contribution < 1.29 is 28.9 Å². The summed E-state index contributed by atoms with van der Waals surface area (Å²) in [7, 11) is 4.28. The lowest BCUT2D eigenvalue weighted by Gasteiger charge is -2.19. The number of anilines is 1. The first-order chi connectivity index (χ1) is 10.1. The smallest absolute Gasteiger partial charge is 0.299 e. The van der Waals surface area contributed by atoms with Crippen LogP contribution >= 0.6 is 0 Å². The second kappa shape index (κ2) is 6.01. The molecule has 21 heavy (non-hydrogen) atoms. The molecule has 0 spiro atoms. The van der Waals surface area contributed by atoms with Gasteiger partial charge in [0, 0.05) is 19.2 Å². The van der Waals surface area contributed by atoms with E-state index in [9.17, 15) is 9.59 Å². The van der Waals surface area contributed by atoms with Crippen LogP contribution < -0.4 is 19.1 Å². The summed E-state index contributed by atoms with van der Waals surface area (Å²) in [5.41, 5.74) is 0.575. The van der Waals surface area contributed by atoms with Crippen molar-refractivity contribution in [2.45, 2.75) is 6.42 Å². The number of rotatable bonds is 6. The highest BCUT2D eigenvalue weighted by Gasteiger charge is 2.40. The van der Waals surface area contributed by atoms with Crippen molar-refractivity contribution in [3.05, 3.63) is 11.6 Å². The van der Waals surface area contributed by atoms with Crippen LogP contribution in [0.3, 0.4) is 0 Å². The van der Waals surface area contributed by atoms with E-state index in [1.807, 2.05) is 0 Å². The quantitative estimate of drug-likeness (QED) is 0.775. The third kappa shape index (κ3) is 2.29. The van der Waals surface area contributed by atoms with Crippen molar-refractivity contribution in [2.75, 3.05) is 39.4 Å². The molecular formula is C14H17NO6. The van der Waals surface area contributed by atoms with E-state index < -0.39 is 11.7 Å². The highest BCUT2D eigenvalue weighted by molar-refractivity contribution is 6.53. The maximum absolute atomic E-state index is 12.2. The van der Waals surface area contributed by atoms with Crippen LogP contribution in [0.1, 0.15) is 16.8 Å². The zero-order chi connectivity index (χ0) is 15.6. The average molecular weight is 295 g/mol. The van der Waals surface area contributed by atoms with Gasteiger partial charge in [0.25, 0.3) is 11.7 Å². The molecule has 1 aromatic rings. The van der Waals surface area contributed by atoms with Crippen LogP contribution in [0.2, 0.25) is 0 Å². The molecule has 1 heterocycles.